The summed E-state index contributed by atoms with van der Waals surface area (Å²) in [5.74, 6) is 3.67. The van der Waals surface area contributed by atoms with Gasteiger partial charge in [-0.2, -0.15) is 13.2 Å². The van der Waals surface area contributed by atoms with Crippen molar-refractivity contribution in [3.05, 3.63) is 34.9 Å². The van der Waals surface area contributed by atoms with Crippen LogP contribution in [0.25, 0.3) is 0 Å². The molecule has 1 aromatic carbocycles. The van der Waals surface area contributed by atoms with Gasteiger partial charge in [0.1, 0.15) is 0 Å². The van der Waals surface area contributed by atoms with Crippen LogP contribution in [0.3, 0.4) is 0 Å². The van der Waals surface area contributed by atoms with Crippen molar-refractivity contribution in [2.24, 2.45) is 0 Å². The van der Waals surface area contributed by atoms with Gasteiger partial charge in [0, 0.05) is 18.5 Å². The zero-order chi connectivity index (χ0) is 14.5. The maximum absolute atomic E-state index is 12.7. The third kappa shape index (κ3) is 4.30. The van der Waals surface area contributed by atoms with Gasteiger partial charge in [0.15, 0.2) is 0 Å². The highest BCUT2D eigenvalue weighted by Gasteiger charge is 2.35. The van der Waals surface area contributed by atoms with Crippen LogP contribution in [0.15, 0.2) is 18.2 Å². The van der Waals surface area contributed by atoms with Crippen molar-refractivity contribution < 1.29 is 23.1 Å². The molecule has 0 spiro atoms. The lowest BCUT2D eigenvalue weighted by atomic mass is 10.0. The Morgan fingerprint density at radius 1 is 1.42 bits per heavy atom. The molecule has 19 heavy (non-hydrogen) atoms. The van der Waals surface area contributed by atoms with Crippen LogP contribution in [-0.4, -0.2) is 24.7 Å². The summed E-state index contributed by atoms with van der Waals surface area (Å²) in [6.07, 6.45) is -4.21. The SMILES string of the molecule is CNCCC#Cc1ccc(C(=O)O)c(C(F)(F)F)c1. The van der Waals surface area contributed by atoms with E-state index in [1.165, 1.54) is 6.07 Å². The minimum Gasteiger partial charge on any atom is -0.478 e. The lowest BCUT2D eigenvalue weighted by Crippen LogP contribution is -2.13. The highest BCUT2D eigenvalue weighted by atomic mass is 19.4. The maximum atomic E-state index is 12.7. The molecule has 0 aliphatic rings. The van der Waals surface area contributed by atoms with Gasteiger partial charge in [0.05, 0.1) is 11.1 Å². The molecular formula is C13H12F3NO2. The zero-order valence-corrected chi connectivity index (χ0v) is 10.1. The number of aromatic carboxylic acids is 1. The molecule has 6 heteroatoms. The third-order valence-corrected chi connectivity index (χ3v) is 2.29. The second-order valence-corrected chi connectivity index (χ2v) is 3.72. The van der Waals surface area contributed by atoms with E-state index in [4.69, 9.17) is 5.11 Å². The summed E-state index contributed by atoms with van der Waals surface area (Å²) in [4.78, 5) is 10.7. The Balaban J connectivity index is 3.11. The smallest absolute Gasteiger partial charge is 0.417 e. The second kappa shape index (κ2) is 6.25. The van der Waals surface area contributed by atoms with Gasteiger partial charge in [-0.25, -0.2) is 4.79 Å². The Kier molecular flexibility index (Phi) is 4.95. The van der Waals surface area contributed by atoms with Gasteiger partial charge in [0.25, 0.3) is 0 Å². The summed E-state index contributed by atoms with van der Waals surface area (Å²) >= 11 is 0. The first-order valence-corrected chi connectivity index (χ1v) is 5.44. The summed E-state index contributed by atoms with van der Waals surface area (Å²) in [5, 5.41) is 11.6. The molecule has 102 valence electrons. The van der Waals surface area contributed by atoms with E-state index >= 15 is 0 Å². The Morgan fingerprint density at radius 3 is 2.63 bits per heavy atom. The van der Waals surface area contributed by atoms with Gasteiger partial charge in [0.2, 0.25) is 0 Å². The minimum absolute atomic E-state index is 0.147. The molecule has 0 saturated heterocycles. The van der Waals surface area contributed by atoms with E-state index in [0.717, 1.165) is 12.1 Å². The van der Waals surface area contributed by atoms with E-state index in [9.17, 15) is 18.0 Å². The van der Waals surface area contributed by atoms with Crippen molar-refractivity contribution in [3.63, 3.8) is 0 Å². The summed E-state index contributed by atoms with van der Waals surface area (Å²) in [6, 6.07) is 2.95. The average molecular weight is 271 g/mol. The van der Waals surface area contributed by atoms with Crippen LogP contribution < -0.4 is 5.32 Å². The standard InChI is InChI=1S/C13H12F3NO2/c1-17-7-3-2-4-9-5-6-10(12(18)19)11(8-9)13(14,15)16/h5-6,8,17H,3,7H2,1H3,(H,18,19). The molecule has 0 aliphatic carbocycles. The summed E-state index contributed by atoms with van der Waals surface area (Å²) in [5.41, 5.74) is -1.80. The van der Waals surface area contributed by atoms with Crippen LogP contribution >= 0.6 is 0 Å². The maximum Gasteiger partial charge on any atom is 0.417 e. The first-order chi connectivity index (χ1) is 8.86. The van der Waals surface area contributed by atoms with Gasteiger partial charge in [-0.15, -0.1) is 0 Å². The number of rotatable bonds is 3. The fourth-order valence-corrected chi connectivity index (χ4v) is 1.40. The summed E-state index contributed by atoms with van der Waals surface area (Å²) in [6.45, 7) is 0.631. The molecule has 0 aliphatic heterocycles. The predicted octanol–water partition coefficient (Wildman–Crippen LogP) is 2.36. The minimum atomic E-state index is -4.71. The summed E-state index contributed by atoms with van der Waals surface area (Å²) < 4.78 is 38.1. The van der Waals surface area contributed by atoms with Crippen molar-refractivity contribution in [3.8, 4) is 11.8 Å². The van der Waals surface area contributed by atoms with E-state index in [2.05, 4.69) is 17.2 Å². The third-order valence-electron chi connectivity index (χ3n) is 2.29. The van der Waals surface area contributed by atoms with Crippen molar-refractivity contribution in [2.45, 2.75) is 12.6 Å². The Bertz CT molecular complexity index is 527. The van der Waals surface area contributed by atoms with Crippen LogP contribution in [0.4, 0.5) is 13.2 Å². The Labute approximate surface area is 108 Å². The van der Waals surface area contributed by atoms with E-state index in [-0.39, 0.29) is 5.56 Å². The van der Waals surface area contributed by atoms with Gasteiger partial charge in [-0.05, 0) is 25.2 Å². The first-order valence-electron chi connectivity index (χ1n) is 5.44. The quantitative estimate of drug-likeness (QED) is 0.655. The van der Waals surface area contributed by atoms with Gasteiger partial charge < -0.3 is 10.4 Å². The van der Waals surface area contributed by atoms with Crippen LogP contribution in [0.2, 0.25) is 0 Å². The molecule has 0 aromatic heterocycles. The predicted molar refractivity (Wildman–Crippen MR) is 63.8 cm³/mol. The average Bonchev–Trinajstić information content (AvgIpc) is 2.33. The van der Waals surface area contributed by atoms with E-state index in [1.807, 2.05) is 0 Å². The molecule has 0 saturated carbocycles. The molecule has 0 amide bonds. The van der Waals surface area contributed by atoms with E-state index in [0.29, 0.717) is 13.0 Å². The fraction of sp³-hybridized carbons (Fsp3) is 0.308. The molecule has 0 fully saturated rings. The molecule has 0 atom stereocenters. The van der Waals surface area contributed by atoms with E-state index in [1.54, 1.807) is 7.05 Å². The number of benzene rings is 1. The van der Waals surface area contributed by atoms with Crippen LogP contribution in [0, 0.1) is 11.8 Å². The van der Waals surface area contributed by atoms with Gasteiger partial charge in [-0.3, -0.25) is 0 Å². The number of hydrogen-bond acceptors (Lipinski definition) is 2. The van der Waals surface area contributed by atoms with Gasteiger partial charge in [-0.1, -0.05) is 11.8 Å². The topological polar surface area (TPSA) is 49.3 Å². The highest BCUT2D eigenvalue weighted by Crippen LogP contribution is 2.32. The number of carbonyl (C=O) groups is 1. The molecule has 0 unspecified atom stereocenters. The number of carboxylic acid groups (broad SMARTS) is 1. The Hall–Kier alpha value is -2.00. The van der Waals surface area contributed by atoms with Crippen molar-refractivity contribution in [2.75, 3.05) is 13.6 Å². The largest absolute Gasteiger partial charge is 0.478 e. The molecule has 0 bridgehead atoms. The normalized spacial score (nSPS) is 10.7. The van der Waals surface area contributed by atoms with Crippen molar-refractivity contribution >= 4 is 5.97 Å². The molecule has 1 aromatic rings. The number of hydrogen-bond donors (Lipinski definition) is 2. The Morgan fingerprint density at radius 2 is 2.11 bits per heavy atom. The molecule has 1 rings (SSSR count). The second-order valence-electron chi connectivity index (χ2n) is 3.72. The first kappa shape index (κ1) is 15.1. The highest BCUT2D eigenvalue weighted by molar-refractivity contribution is 5.89. The zero-order valence-electron chi connectivity index (χ0n) is 10.1. The number of nitrogens with one attached hydrogen (secondary N) is 1. The number of carboxylic acids is 1. The lowest BCUT2D eigenvalue weighted by Gasteiger charge is -2.10. The van der Waals surface area contributed by atoms with Crippen molar-refractivity contribution in [1.82, 2.24) is 5.32 Å². The number of halogens is 3. The molecular weight excluding hydrogens is 259 g/mol. The molecule has 2 N–H and O–H groups in total. The lowest BCUT2D eigenvalue weighted by molar-refractivity contribution is -0.138. The molecule has 0 heterocycles. The van der Waals surface area contributed by atoms with Gasteiger partial charge >= 0.3 is 12.1 Å². The molecule has 0 radical (unpaired) electrons. The monoisotopic (exact) mass is 271 g/mol. The molecule has 3 nitrogen and oxygen atoms in total. The summed E-state index contributed by atoms with van der Waals surface area (Å²) in [7, 11) is 1.74. The van der Waals surface area contributed by atoms with Crippen LogP contribution in [-0.2, 0) is 6.18 Å². The van der Waals surface area contributed by atoms with E-state index < -0.39 is 23.3 Å². The van der Waals surface area contributed by atoms with Crippen LogP contribution in [0.5, 0.6) is 0 Å². The number of alkyl halides is 3. The van der Waals surface area contributed by atoms with Crippen LogP contribution in [0.1, 0.15) is 27.9 Å². The fourth-order valence-electron chi connectivity index (χ4n) is 1.40. The van der Waals surface area contributed by atoms with Crippen molar-refractivity contribution in [1.29, 1.82) is 0 Å².